The highest BCUT2D eigenvalue weighted by Crippen LogP contribution is 2.27. The van der Waals surface area contributed by atoms with Gasteiger partial charge in [-0.2, -0.15) is 0 Å². The first-order valence-electron chi connectivity index (χ1n) is 8.43. The molecule has 0 unspecified atom stereocenters. The van der Waals surface area contributed by atoms with Crippen LogP contribution in [0.5, 0.6) is 0 Å². The number of hydrogen-bond acceptors (Lipinski definition) is 4. The fourth-order valence-electron chi connectivity index (χ4n) is 3.12. The molecule has 5 nitrogen and oxygen atoms in total. The van der Waals surface area contributed by atoms with Gasteiger partial charge in [-0.05, 0) is 29.2 Å². The van der Waals surface area contributed by atoms with E-state index < -0.39 is 5.97 Å². The van der Waals surface area contributed by atoms with Crippen LogP contribution >= 0.6 is 11.3 Å². The van der Waals surface area contributed by atoms with Gasteiger partial charge in [-0.15, -0.1) is 11.3 Å². The maximum atomic E-state index is 12.4. The summed E-state index contributed by atoms with van der Waals surface area (Å²) >= 11 is 1.04. The number of carboxylic acids is 1. The zero-order valence-corrected chi connectivity index (χ0v) is 15.3. The van der Waals surface area contributed by atoms with Crippen LogP contribution in [0.15, 0.2) is 59.4 Å². The summed E-state index contributed by atoms with van der Waals surface area (Å²) in [6.45, 7) is 1.64. The predicted molar refractivity (Wildman–Crippen MR) is 107 cm³/mol. The number of fused-ring (bicyclic) bond motifs is 1. The number of carboxylic acid groups (broad SMARTS) is 1. The van der Waals surface area contributed by atoms with Gasteiger partial charge in [0, 0.05) is 6.42 Å². The number of aromatic nitrogens is 2. The highest BCUT2D eigenvalue weighted by molar-refractivity contribution is 7.20. The van der Waals surface area contributed by atoms with Gasteiger partial charge >= 0.3 is 5.97 Å². The predicted octanol–water partition coefficient (Wildman–Crippen LogP) is 4.25. The number of nitrogens with one attached hydrogen (secondary N) is 1. The lowest BCUT2D eigenvalue weighted by Gasteiger charge is -2.05. The minimum absolute atomic E-state index is 0.160. The van der Waals surface area contributed by atoms with Crippen LogP contribution in [-0.4, -0.2) is 21.0 Å². The molecule has 4 aromatic rings. The smallest absolute Gasteiger partial charge is 0.346 e. The maximum absolute atomic E-state index is 12.4. The largest absolute Gasteiger partial charge is 0.477 e. The summed E-state index contributed by atoms with van der Waals surface area (Å²) in [5.74, 6) is -0.508. The first kappa shape index (κ1) is 17.2. The van der Waals surface area contributed by atoms with Gasteiger partial charge in [0.05, 0.1) is 5.39 Å². The Morgan fingerprint density at radius 1 is 1.07 bits per heavy atom. The van der Waals surface area contributed by atoms with Crippen molar-refractivity contribution in [3.63, 3.8) is 0 Å². The van der Waals surface area contributed by atoms with Gasteiger partial charge in [-0.3, -0.25) is 4.79 Å². The summed E-state index contributed by atoms with van der Waals surface area (Å²) in [5, 5.41) is 9.61. The number of carbonyl (C=O) groups is 1. The number of aromatic carboxylic acids is 1. The Hall–Kier alpha value is -3.25. The molecule has 0 aliphatic heterocycles. The van der Waals surface area contributed by atoms with Crippen molar-refractivity contribution in [2.45, 2.75) is 13.3 Å². The Bertz CT molecular complexity index is 1190. The highest BCUT2D eigenvalue weighted by Gasteiger charge is 2.18. The maximum Gasteiger partial charge on any atom is 0.346 e. The summed E-state index contributed by atoms with van der Waals surface area (Å²) in [5.41, 5.74) is 3.46. The standard InChI is InChI=1S/C21H16N2O3S/c1-12-17-19(24)22-16(23-20(17)27-18(12)21(25)26)11-13-7-9-15(10-8-13)14-5-3-2-4-6-14/h2-10H,11H2,1H3,(H,25,26)(H,22,23,24). The van der Waals surface area contributed by atoms with Crippen LogP contribution in [0.2, 0.25) is 0 Å². The molecule has 0 atom stereocenters. The van der Waals surface area contributed by atoms with E-state index in [1.807, 2.05) is 42.5 Å². The Morgan fingerprint density at radius 2 is 1.74 bits per heavy atom. The lowest BCUT2D eigenvalue weighted by atomic mass is 10.0. The van der Waals surface area contributed by atoms with Gasteiger partial charge < -0.3 is 10.1 Å². The lowest BCUT2D eigenvalue weighted by molar-refractivity contribution is 0.0701. The summed E-state index contributed by atoms with van der Waals surface area (Å²) < 4.78 is 0. The number of aromatic amines is 1. The van der Waals surface area contributed by atoms with Crippen LogP contribution in [0, 0.1) is 6.92 Å². The van der Waals surface area contributed by atoms with Gasteiger partial charge in [0.15, 0.2) is 0 Å². The van der Waals surface area contributed by atoms with Crippen molar-refractivity contribution >= 4 is 27.5 Å². The minimum atomic E-state index is -1.03. The van der Waals surface area contributed by atoms with Crippen molar-refractivity contribution in [3.8, 4) is 11.1 Å². The molecule has 0 aliphatic rings. The third kappa shape index (κ3) is 3.27. The van der Waals surface area contributed by atoms with Crippen molar-refractivity contribution in [1.29, 1.82) is 0 Å². The van der Waals surface area contributed by atoms with Crippen molar-refractivity contribution in [3.05, 3.63) is 86.8 Å². The van der Waals surface area contributed by atoms with E-state index in [0.29, 0.717) is 28.0 Å². The SMILES string of the molecule is Cc1c(C(=O)O)sc2nc(Cc3ccc(-c4ccccc4)cc3)[nH]c(=O)c12. The van der Waals surface area contributed by atoms with Crippen molar-refractivity contribution < 1.29 is 9.90 Å². The molecule has 0 saturated carbocycles. The van der Waals surface area contributed by atoms with Crippen molar-refractivity contribution in [1.82, 2.24) is 9.97 Å². The quantitative estimate of drug-likeness (QED) is 0.558. The third-order valence-electron chi connectivity index (χ3n) is 4.48. The molecule has 2 aromatic carbocycles. The normalized spacial score (nSPS) is 11.0. The summed E-state index contributed by atoms with van der Waals surface area (Å²) in [6.07, 6.45) is 0.472. The van der Waals surface area contributed by atoms with Crippen molar-refractivity contribution in [2.24, 2.45) is 0 Å². The molecule has 0 fully saturated rings. The average Bonchev–Trinajstić information content (AvgIpc) is 3.00. The van der Waals surface area contributed by atoms with Crippen LogP contribution in [0.3, 0.4) is 0 Å². The van der Waals surface area contributed by atoms with Crippen LogP contribution in [0.25, 0.3) is 21.3 Å². The number of benzene rings is 2. The van der Waals surface area contributed by atoms with Crippen LogP contribution in [0.4, 0.5) is 0 Å². The average molecular weight is 376 g/mol. The number of rotatable bonds is 4. The van der Waals surface area contributed by atoms with E-state index in [1.165, 1.54) is 0 Å². The lowest BCUT2D eigenvalue weighted by Crippen LogP contribution is -2.12. The van der Waals surface area contributed by atoms with E-state index in [2.05, 4.69) is 22.1 Å². The summed E-state index contributed by atoms with van der Waals surface area (Å²) in [7, 11) is 0. The second-order valence-corrected chi connectivity index (χ2v) is 7.29. The van der Waals surface area contributed by atoms with E-state index in [0.717, 1.165) is 28.0 Å². The van der Waals surface area contributed by atoms with E-state index in [4.69, 9.17) is 0 Å². The van der Waals surface area contributed by atoms with Gasteiger partial charge in [-0.25, -0.2) is 9.78 Å². The molecular weight excluding hydrogens is 360 g/mol. The van der Waals surface area contributed by atoms with Crippen LogP contribution < -0.4 is 5.56 Å². The van der Waals surface area contributed by atoms with E-state index in [-0.39, 0.29) is 10.4 Å². The second kappa shape index (κ2) is 6.81. The summed E-state index contributed by atoms with van der Waals surface area (Å²) in [4.78, 5) is 31.6. The number of hydrogen-bond donors (Lipinski definition) is 2. The molecule has 134 valence electrons. The number of H-pyrrole nitrogens is 1. The van der Waals surface area contributed by atoms with Gasteiger partial charge in [-0.1, -0.05) is 54.6 Å². The number of aryl methyl sites for hydroxylation is 1. The monoisotopic (exact) mass is 376 g/mol. The zero-order chi connectivity index (χ0) is 19.0. The van der Waals surface area contributed by atoms with E-state index in [1.54, 1.807) is 6.92 Å². The third-order valence-corrected chi connectivity index (χ3v) is 5.65. The highest BCUT2D eigenvalue weighted by atomic mass is 32.1. The molecule has 0 bridgehead atoms. The molecule has 2 N–H and O–H groups in total. The minimum Gasteiger partial charge on any atom is -0.477 e. The zero-order valence-electron chi connectivity index (χ0n) is 14.5. The molecule has 6 heteroatoms. The van der Waals surface area contributed by atoms with Gasteiger partial charge in [0.25, 0.3) is 5.56 Å². The first-order chi connectivity index (χ1) is 13.0. The molecule has 27 heavy (non-hydrogen) atoms. The second-order valence-electron chi connectivity index (χ2n) is 6.29. The Labute approximate surface area is 159 Å². The molecule has 0 aliphatic carbocycles. The van der Waals surface area contributed by atoms with Crippen LogP contribution in [0.1, 0.15) is 26.6 Å². The Kier molecular flexibility index (Phi) is 4.33. The molecule has 2 aromatic heterocycles. The van der Waals surface area contributed by atoms with Crippen molar-refractivity contribution in [2.75, 3.05) is 0 Å². The van der Waals surface area contributed by atoms with E-state index in [9.17, 15) is 14.7 Å². The molecule has 0 amide bonds. The molecule has 0 saturated heterocycles. The molecule has 0 spiro atoms. The van der Waals surface area contributed by atoms with Gasteiger partial charge in [0.2, 0.25) is 0 Å². The van der Waals surface area contributed by atoms with E-state index >= 15 is 0 Å². The Morgan fingerprint density at radius 3 is 2.41 bits per heavy atom. The molecule has 0 radical (unpaired) electrons. The summed E-state index contributed by atoms with van der Waals surface area (Å²) in [6, 6.07) is 18.2. The number of thiophene rings is 1. The Balaban J connectivity index is 1.65. The number of nitrogens with zero attached hydrogens (tertiary/aromatic N) is 1. The van der Waals surface area contributed by atoms with Crippen LogP contribution in [-0.2, 0) is 6.42 Å². The molecular formula is C21H16N2O3S. The first-order valence-corrected chi connectivity index (χ1v) is 9.24. The molecule has 2 heterocycles. The fourth-order valence-corrected chi connectivity index (χ4v) is 4.15. The fraction of sp³-hybridized carbons (Fsp3) is 0.0952. The van der Waals surface area contributed by atoms with Gasteiger partial charge in [0.1, 0.15) is 15.5 Å². The topological polar surface area (TPSA) is 83.0 Å². The molecule has 4 rings (SSSR count).